The van der Waals surface area contributed by atoms with Crippen LogP contribution in [0.3, 0.4) is 0 Å². The van der Waals surface area contributed by atoms with E-state index in [0.29, 0.717) is 10.7 Å². The third-order valence-corrected chi connectivity index (χ3v) is 7.90. The van der Waals surface area contributed by atoms with Crippen LogP contribution >= 0.6 is 11.6 Å². The van der Waals surface area contributed by atoms with Crippen LogP contribution in [0.4, 0.5) is 15.8 Å². The first-order valence-electron chi connectivity index (χ1n) is 10.4. The molecule has 0 saturated heterocycles. The Labute approximate surface area is 192 Å². The Hall–Kier alpha value is -2.83. The van der Waals surface area contributed by atoms with Crippen LogP contribution in [0.5, 0.6) is 0 Å². The summed E-state index contributed by atoms with van der Waals surface area (Å²) in [6, 6.07) is 16.8. The molecule has 2 aliphatic rings. The van der Waals surface area contributed by atoms with Crippen molar-refractivity contribution in [3.63, 3.8) is 0 Å². The van der Waals surface area contributed by atoms with Gasteiger partial charge in [-0.1, -0.05) is 35.9 Å². The molecule has 0 saturated carbocycles. The van der Waals surface area contributed by atoms with Gasteiger partial charge in [-0.15, -0.1) is 0 Å². The Kier molecular flexibility index (Phi) is 5.22. The van der Waals surface area contributed by atoms with E-state index in [0.717, 1.165) is 28.8 Å². The molecule has 0 bridgehead atoms. The van der Waals surface area contributed by atoms with Gasteiger partial charge in [-0.2, -0.15) is 0 Å². The van der Waals surface area contributed by atoms with Crippen LogP contribution in [0.15, 0.2) is 77.7 Å². The summed E-state index contributed by atoms with van der Waals surface area (Å²) in [7, 11) is -3.77. The van der Waals surface area contributed by atoms with Crippen LogP contribution in [0.25, 0.3) is 0 Å². The second-order valence-electron chi connectivity index (χ2n) is 8.34. The number of rotatable bonds is 4. The first kappa shape index (κ1) is 21.0. The monoisotopic (exact) mass is 468 g/mol. The van der Waals surface area contributed by atoms with Crippen LogP contribution in [0.2, 0.25) is 5.02 Å². The minimum atomic E-state index is -3.77. The molecule has 0 aromatic heterocycles. The fourth-order valence-electron chi connectivity index (χ4n) is 4.69. The number of sulfonamides is 1. The SMILES string of the molecule is Cc1cc(Cl)ccc1NS(=O)(=O)c1ccc2c(c1)[C@H]1C=CC[C@H]1[C@@H](c1ccc(F)cc1)N2. The molecule has 4 nitrogen and oxygen atoms in total. The van der Waals surface area contributed by atoms with Crippen molar-refractivity contribution in [2.24, 2.45) is 5.92 Å². The van der Waals surface area contributed by atoms with Gasteiger partial charge in [-0.25, -0.2) is 12.8 Å². The lowest BCUT2D eigenvalue weighted by atomic mass is 9.77. The number of hydrogen-bond donors (Lipinski definition) is 2. The maximum absolute atomic E-state index is 13.4. The Morgan fingerprint density at radius 1 is 1.06 bits per heavy atom. The first-order chi connectivity index (χ1) is 15.3. The van der Waals surface area contributed by atoms with Crippen LogP contribution in [-0.4, -0.2) is 8.42 Å². The van der Waals surface area contributed by atoms with E-state index in [1.54, 1.807) is 30.3 Å². The molecule has 2 N–H and O–H groups in total. The topological polar surface area (TPSA) is 58.2 Å². The quantitative estimate of drug-likeness (QED) is 0.434. The van der Waals surface area contributed by atoms with Crippen LogP contribution in [-0.2, 0) is 10.0 Å². The highest BCUT2D eigenvalue weighted by Gasteiger charge is 2.38. The number of halogens is 2. The van der Waals surface area contributed by atoms with Crippen LogP contribution in [0.1, 0.15) is 35.1 Å². The molecule has 0 unspecified atom stereocenters. The predicted molar refractivity (Wildman–Crippen MR) is 126 cm³/mol. The molecule has 3 atom stereocenters. The zero-order chi connectivity index (χ0) is 22.5. The number of allylic oxidation sites excluding steroid dienone is 2. The van der Waals surface area contributed by atoms with Gasteiger partial charge in [0.05, 0.1) is 16.6 Å². The van der Waals surface area contributed by atoms with Gasteiger partial charge in [0.15, 0.2) is 0 Å². The molecule has 0 spiro atoms. The second kappa shape index (κ2) is 7.94. The number of hydrogen-bond acceptors (Lipinski definition) is 3. The number of nitrogens with one attached hydrogen (secondary N) is 2. The molecule has 1 aliphatic heterocycles. The minimum absolute atomic E-state index is 0.0281. The van der Waals surface area contributed by atoms with Crippen molar-refractivity contribution >= 4 is 33.0 Å². The molecule has 164 valence electrons. The van der Waals surface area contributed by atoms with Crippen molar-refractivity contribution in [1.29, 1.82) is 0 Å². The van der Waals surface area contributed by atoms with Crippen molar-refractivity contribution in [3.8, 4) is 0 Å². The lowest BCUT2D eigenvalue weighted by Gasteiger charge is -2.37. The molecule has 3 aromatic rings. The van der Waals surface area contributed by atoms with E-state index in [4.69, 9.17) is 11.6 Å². The van der Waals surface area contributed by atoms with E-state index < -0.39 is 10.0 Å². The number of aryl methyl sites for hydroxylation is 1. The van der Waals surface area contributed by atoms with Gasteiger partial charge in [0.25, 0.3) is 10.0 Å². The number of anilines is 2. The summed E-state index contributed by atoms with van der Waals surface area (Å²) < 4.78 is 42.3. The molecular formula is C25H22ClFN2O2S. The van der Waals surface area contributed by atoms with Crippen LogP contribution in [0, 0.1) is 18.7 Å². The summed E-state index contributed by atoms with van der Waals surface area (Å²) in [5.41, 5.74) is 4.13. The van der Waals surface area contributed by atoms with Gasteiger partial charge in [0, 0.05) is 16.6 Å². The first-order valence-corrected chi connectivity index (χ1v) is 12.3. The summed E-state index contributed by atoms with van der Waals surface area (Å²) in [4.78, 5) is 0.215. The maximum atomic E-state index is 13.4. The van der Waals surface area contributed by atoms with E-state index in [1.165, 1.54) is 12.1 Å². The van der Waals surface area contributed by atoms with Crippen molar-refractivity contribution in [2.45, 2.75) is 30.2 Å². The minimum Gasteiger partial charge on any atom is -0.378 e. The Morgan fingerprint density at radius 2 is 1.84 bits per heavy atom. The van der Waals surface area contributed by atoms with Gasteiger partial charge in [0.2, 0.25) is 0 Å². The van der Waals surface area contributed by atoms with Crippen molar-refractivity contribution in [3.05, 3.63) is 100 Å². The Morgan fingerprint density at radius 3 is 2.59 bits per heavy atom. The highest BCUT2D eigenvalue weighted by Crippen LogP contribution is 2.50. The molecule has 0 fully saturated rings. The highest BCUT2D eigenvalue weighted by molar-refractivity contribution is 7.92. The highest BCUT2D eigenvalue weighted by atomic mass is 35.5. The number of fused-ring (bicyclic) bond motifs is 3. The molecule has 0 radical (unpaired) electrons. The Bertz CT molecular complexity index is 1320. The molecule has 32 heavy (non-hydrogen) atoms. The van der Waals surface area contributed by atoms with Crippen molar-refractivity contribution in [2.75, 3.05) is 10.0 Å². The lowest BCUT2D eigenvalue weighted by molar-refractivity contribution is 0.424. The van der Waals surface area contributed by atoms with Crippen molar-refractivity contribution in [1.82, 2.24) is 0 Å². The summed E-state index contributed by atoms with van der Waals surface area (Å²) in [6.07, 6.45) is 5.16. The standard InChI is InChI=1S/C25H22ClFN2O2S/c1-15-13-17(26)7-11-23(15)29-32(30,31)19-10-12-24-22(14-19)20-3-2-4-21(20)25(28-24)16-5-8-18(27)9-6-16/h2-3,5-14,20-21,25,28-29H,4H2,1H3/t20-,21+,25+/m0/s1. The van der Waals surface area contributed by atoms with Crippen LogP contribution < -0.4 is 10.0 Å². The van der Waals surface area contributed by atoms with Gasteiger partial charge >= 0.3 is 0 Å². The van der Waals surface area contributed by atoms with E-state index >= 15 is 0 Å². The molecule has 3 aromatic carbocycles. The fourth-order valence-corrected chi connectivity index (χ4v) is 6.08. The number of benzene rings is 3. The molecule has 7 heteroatoms. The predicted octanol–water partition coefficient (Wildman–Crippen LogP) is 6.41. The summed E-state index contributed by atoms with van der Waals surface area (Å²) in [5.74, 6) is 0.0652. The van der Waals surface area contributed by atoms with Gasteiger partial charge in [0.1, 0.15) is 5.82 Å². The van der Waals surface area contributed by atoms with Gasteiger partial charge < -0.3 is 5.32 Å². The van der Waals surface area contributed by atoms with E-state index in [2.05, 4.69) is 22.2 Å². The zero-order valence-corrected chi connectivity index (χ0v) is 18.9. The largest absolute Gasteiger partial charge is 0.378 e. The molecule has 1 aliphatic carbocycles. The smallest absolute Gasteiger partial charge is 0.261 e. The molecule has 5 rings (SSSR count). The average Bonchev–Trinajstić information content (AvgIpc) is 3.26. The van der Waals surface area contributed by atoms with Gasteiger partial charge in [-0.3, -0.25) is 4.72 Å². The molecule has 0 amide bonds. The summed E-state index contributed by atoms with van der Waals surface area (Å²) >= 11 is 5.99. The van der Waals surface area contributed by atoms with E-state index in [9.17, 15) is 12.8 Å². The lowest BCUT2D eigenvalue weighted by Crippen LogP contribution is -2.29. The summed E-state index contributed by atoms with van der Waals surface area (Å²) in [5, 5.41) is 4.11. The van der Waals surface area contributed by atoms with E-state index in [1.807, 2.05) is 25.1 Å². The molecular weight excluding hydrogens is 447 g/mol. The third kappa shape index (κ3) is 3.78. The summed E-state index contributed by atoms with van der Waals surface area (Å²) in [6.45, 7) is 1.81. The third-order valence-electron chi connectivity index (χ3n) is 6.31. The fraction of sp³-hybridized carbons (Fsp3) is 0.200. The normalized spacial score (nSPS) is 21.5. The van der Waals surface area contributed by atoms with E-state index in [-0.39, 0.29) is 28.6 Å². The van der Waals surface area contributed by atoms with Gasteiger partial charge in [-0.05, 0) is 84.5 Å². The zero-order valence-electron chi connectivity index (χ0n) is 17.3. The average molecular weight is 469 g/mol. The molecule has 1 heterocycles. The van der Waals surface area contributed by atoms with Crippen molar-refractivity contribution < 1.29 is 12.8 Å². The Balaban J connectivity index is 1.49. The maximum Gasteiger partial charge on any atom is 0.261 e. The second-order valence-corrected chi connectivity index (χ2v) is 10.5.